The molecule has 60 heavy (non-hydrogen) atoms. The lowest BCUT2D eigenvalue weighted by atomic mass is 9.98. The Hall–Kier alpha value is -5.03. The Morgan fingerprint density at radius 1 is 0.533 bits per heavy atom. The van der Waals surface area contributed by atoms with Crippen molar-refractivity contribution in [2.24, 2.45) is 0 Å². The van der Waals surface area contributed by atoms with Crippen LogP contribution in [0.4, 0.5) is 0 Å². The van der Waals surface area contributed by atoms with Crippen LogP contribution in [0.5, 0.6) is 0 Å². The second-order valence-corrected chi connectivity index (χ2v) is 14.4. The Balaban J connectivity index is 1.31. The first kappa shape index (κ1) is 44.5. The number of rotatable bonds is 20. The van der Waals surface area contributed by atoms with Crippen LogP contribution in [0.15, 0.2) is 121 Å². The summed E-state index contributed by atoms with van der Waals surface area (Å²) in [4.78, 5) is 36.7. The standard InChI is InChI=1S/C46H52O14/c1-30(47)56-40-38(59-45(50)43(58-32(3)49)42(40)57-31(2)48)29-55-46-44(54-27-36-22-14-7-15-23-36)41(53-26-35-20-12-6-13-21-35)39(60-46)37(52-25-34-18-10-5-11-19-34)28-51-24-33-16-8-4-9-17-33/h4-23,37-46,50H,24-29H2,1-3H3/t37-,38-,39-,40-,41+,42+,43-,44-,45+,46-/m1/s1. The molecule has 0 saturated carbocycles. The van der Waals surface area contributed by atoms with Crippen molar-refractivity contribution in [3.63, 3.8) is 0 Å². The molecule has 6 rings (SSSR count). The molecular weight excluding hydrogens is 776 g/mol. The van der Waals surface area contributed by atoms with E-state index in [1.54, 1.807) is 0 Å². The normalized spacial score (nSPS) is 25.6. The molecule has 320 valence electrons. The molecule has 0 bridgehead atoms. The summed E-state index contributed by atoms with van der Waals surface area (Å²) in [7, 11) is 0. The molecule has 2 heterocycles. The summed E-state index contributed by atoms with van der Waals surface area (Å²) in [6.45, 7) is 4.10. The maximum absolute atomic E-state index is 12.4. The van der Waals surface area contributed by atoms with E-state index in [2.05, 4.69) is 0 Å². The molecule has 4 aromatic rings. The minimum atomic E-state index is -1.78. The average Bonchev–Trinajstić information content (AvgIpc) is 3.59. The monoisotopic (exact) mass is 828 g/mol. The third-order valence-corrected chi connectivity index (χ3v) is 9.78. The van der Waals surface area contributed by atoms with Gasteiger partial charge in [-0.3, -0.25) is 14.4 Å². The van der Waals surface area contributed by atoms with Crippen LogP contribution in [-0.4, -0.2) is 97.6 Å². The number of hydrogen-bond acceptors (Lipinski definition) is 14. The number of hydrogen-bond donors (Lipinski definition) is 1. The molecule has 1 N–H and O–H groups in total. The summed E-state index contributed by atoms with van der Waals surface area (Å²) in [6.07, 6.45) is -11.6. The molecule has 14 nitrogen and oxygen atoms in total. The van der Waals surface area contributed by atoms with Gasteiger partial charge < -0.3 is 52.5 Å². The fraction of sp³-hybridized carbons (Fsp3) is 0.413. The zero-order valence-corrected chi connectivity index (χ0v) is 33.8. The highest BCUT2D eigenvalue weighted by atomic mass is 16.7. The van der Waals surface area contributed by atoms with Crippen LogP contribution in [-0.2, 0) is 88.2 Å². The van der Waals surface area contributed by atoms with Crippen molar-refractivity contribution < 1.29 is 66.9 Å². The van der Waals surface area contributed by atoms with Crippen molar-refractivity contribution in [3.05, 3.63) is 144 Å². The lowest BCUT2D eigenvalue weighted by molar-refractivity contribution is -0.305. The van der Waals surface area contributed by atoms with Crippen LogP contribution in [0.25, 0.3) is 0 Å². The molecular formula is C46H52O14. The largest absolute Gasteiger partial charge is 0.456 e. The van der Waals surface area contributed by atoms with Crippen LogP contribution >= 0.6 is 0 Å². The summed E-state index contributed by atoms with van der Waals surface area (Å²) in [6, 6.07) is 38.8. The van der Waals surface area contributed by atoms with Crippen LogP contribution in [0.2, 0.25) is 0 Å². The predicted octanol–water partition coefficient (Wildman–Crippen LogP) is 5.21. The minimum absolute atomic E-state index is 0.115. The Bertz CT molecular complexity index is 1900. The zero-order valence-electron chi connectivity index (χ0n) is 33.8. The van der Waals surface area contributed by atoms with E-state index >= 15 is 0 Å². The van der Waals surface area contributed by atoms with E-state index in [1.807, 2.05) is 121 Å². The van der Waals surface area contributed by atoms with Crippen LogP contribution in [0.1, 0.15) is 43.0 Å². The van der Waals surface area contributed by atoms with Crippen LogP contribution < -0.4 is 0 Å². The SMILES string of the molecule is CC(=O)O[C@@H]1[C@@H](OC(C)=O)[C@@H](O)O[C@H](CO[C@@H]2O[C@H]([C@@H](COCc3ccccc3)OCc3ccccc3)[C@H](OCc3ccccc3)[C@H]2OCc2ccccc2)[C@H]1OC(C)=O. The number of carbonyl (C=O) groups excluding carboxylic acids is 3. The minimum Gasteiger partial charge on any atom is -0.456 e. The molecule has 2 fully saturated rings. The first-order valence-corrected chi connectivity index (χ1v) is 19.8. The number of ether oxygens (including phenoxy) is 10. The molecule has 0 aliphatic carbocycles. The van der Waals surface area contributed by atoms with Gasteiger partial charge in [-0.1, -0.05) is 121 Å². The van der Waals surface area contributed by atoms with E-state index in [1.165, 1.54) is 0 Å². The Morgan fingerprint density at radius 2 is 0.983 bits per heavy atom. The van der Waals surface area contributed by atoms with Gasteiger partial charge in [0.1, 0.15) is 30.5 Å². The van der Waals surface area contributed by atoms with Crippen molar-refractivity contribution in [2.75, 3.05) is 13.2 Å². The molecule has 0 radical (unpaired) electrons. The number of esters is 3. The van der Waals surface area contributed by atoms with Gasteiger partial charge in [0.05, 0.1) is 39.6 Å². The topological polar surface area (TPSA) is 164 Å². The lowest BCUT2D eigenvalue weighted by Gasteiger charge is -2.43. The van der Waals surface area contributed by atoms with Crippen molar-refractivity contribution in [1.29, 1.82) is 0 Å². The van der Waals surface area contributed by atoms with Crippen molar-refractivity contribution in [1.82, 2.24) is 0 Å². The molecule has 0 amide bonds. The number of aliphatic hydroxyl groups is 1. The van der Waals surface area contributed by atoms with Gasteiger partial charge in [-0.25, -0.2) is 0 Å². The van der Waals surface area contributed by atoms with E-state index in [4.69, 9.17) is 47.4 Å². The summed E-state index contributed by atoms with van der Waals surface area (Å²) >= 11 is 0. The van der Waals surface area contributed by atoms with Gasteiger partial charge in [-0.2, -0.15) is 0 Å². The summed E-state index contributed by atoms with van der Waals surface area (Å²) in [5, 5.41) is 11.0. The van der Waals surface area contributed by atoms with Gasteiger partial charge in [0.15, 0.2) is 30.9 Å². The van der Waals surface area contributed by atoms with Crippen molar-refractivity contribution in [2.45, 2.75) is 109 Å². The predicted molar refractivity (Wildman–Crippen MR) is 213 cm³/mol. The maximum atomic E-state index is 12.4. The molecule has 0 unspecified atom stereocenters. The highest BCUT2D eigenvalue weighted by Crippen LogP contribution is 2.35. The highest BCUT2D eigenvalue weighted by Gasteiger charge is 2.54. The Kier molecular flexibility index (Phi) is 16.7. The molecule has 0 aromatic heterocycles. The van der Waals surface area contributed by atoms with Gasteiger partial charge >= 0.3 is 17.9 Å². The molecule has 2 aliphatic heterocycles. The quantitative estimate of drug-likeness (QED) is 0.0912. The van der Waals surface area contributed by atoms with Crippen LogP contribution in [0.3, 0.4) is 0 Å². The van der Waals surface area contributed by atoms with Crippen molar-refractivity contribution >= 4 is 17.9 Å². The number of carbonyl (C=O) groups is 3. The number of benzene rings is 4. The second kappa shape index (κ2) is 22.5. The average molecular weight is 829 g/mol. The fourth-order valence-electron chi connectivity index (χ4n) is 7.06. The third kappa shape index (κ3) is 13.0. The van der Waals surface area contributed by atoms with Gasteiger partial charge in [-0.15, -0.1) is 0 Å². The van der Waals surface area contributed by atoms with Crippen LogP contribution in [0, 0.1) is 0 Å². The molecule has 14 heteroatoms. The fourth-order valence-corrected chi connectivity index (χ4v) is 7.06. The van der Waals surface area contributed by atoms with E-state index in [9.17, 15) is 19.5 Å². The molecule has 2 aliphatic rings. The molecule has 10 atom stereocenters. The van der Waals surface area contributed by atoms with E-state index in [-0.39, 0.29) is 33.0 Å². The molecule has 0 spiro atoms. The number of aliphatic hydroxyl groups excluding tert-OH is 1. The van der Waals surface area contributed by atoms with Gasteiger partial charge in [-0.05, 0) is 22.3 Å². The van der Waals surface area contributed by atoms with Gasteiger partial charge in [0, 0.05) is 20.8 Å². The third-order valence-electron chi connectivity index (χ3n) is 9.78. The van der Waals surface area contributed by atoms with E-state index in [0.29, 0.717) is 6.61 Å². The molecule has 4 aromatic carbocycles. The molecule has 2 saturated heterocycles. The highest BCUT2D eigenvalue weighted by molar-refractivity contribution is 5.68. The maximum Gasteiger partial charge on any atom is 0.303 e. The first-order chi connectivity index (χ1) is 29.1. The second-order valence-electron chi connectivity index (χ2n) is 14.4. The van der Waals surface area contributed by atoms with Crippen molar-refractivity contribution in [3.8, 4) is 0 Å². The van der Waals surface area contributed by atoms with E-state index in [0.717, 1.165) is 43.0 Å². The Labute approximate surface area is 349 Å². The lowest BCUT2D eigenvalue weighted by Crippen LogP contribution is -2.62. The first-order valence-electron chi connectivity index (χ1n) is 19.8. The smallest absolute Gasteiger partial charge is 0.303 e. The summed E-state index contributed by atoms with van der Waals surface area (Å²) < 4.78 is 61.7. The Morgan fingerprint density at radius 3 is 1.50 bits per heavy atom. The summed E-state index contributed by atoms with van der Waals surface area (Å²) in [5.41, 5.74) is 3.72. The summed E-state index contributed by atoms with van der Waals surface area (Å²) in [5.74, 6) is -2.29. The van der Waals surface area contributed by atoms with Gasteiger partial charge in [0.25, 0.3) is 0 Å². The zero-order chi connectivity index (χ0) is 42.3. The van der Waals surface area contributed by atoms with E-state index < -0.39 is 79.3 Å². The van der Waals surface area contributed by atoms with Gasteiger partial charge in [0.2, 0.25) is 0 Å².